The highest BCUT2D eigenvalue weighted by Gasteiger charge is 2.87. The first-order valence-electron chi connectivity index (χ1n) is 7.41. The molecular formula is C15H13F11O2. The van der Waals surface area contributed by atoms with Gasteiger partial charge in [-0.2, -0.15) is 48.3 Å². The second kappa shape index (κ2) is 7.56. The van der Waals surface area contributed by atoms with Gasteiger partial charge in [0.05, 0.1) is 12.7 Å². The monoisotopic (exact) mass is 434 g/mol. The van der Waals surface area contributed by atoms with Gasteiger partial charge in [-0.25, -0.2) is 0 Å². The van der Waals surface area contributed by atoms with E-state index in [1.165, 1.54) is 13.0 Å². The van der Waals surface area contributed by atoms with E-state index in [1.54, 1.807) is 0 Å². The van der Waals surface area contributed by atoms with Gasteiger partial charge in [-0.1, -0.05) is 12.1 Å². The minimum Gasteiger partial charge on any atom is -0.494 e. The zero-order chi connectivity index (χ0) is 22.2. The summed E-state index contributed by atoms with van der Waals surface area (Å²) in [5.74, 6) is -28.2. The van der Waals surface area contributed by atoms with Crippen molar-refractivity contribution in [3.05, 3.63) is 29.8 Å². The van der Waals surface area contributed by atoms with Gasteiger partial charge in [-0.05, 0) is 24.6 Å². The predicted octanol–water partition coefficient (Wildman–Crippen LogP) is 5.61. The first-order valence-corrected chi connectivity index (χ1v) is 7.41. The Hall–Kier alpha value is -1.79. The fraction of sp³-hybridized carbons (Fsp3) is 0.600. The second-order valence-corrected chi connectivity index (χ2v) is 5.65. The van der Waals surface area contributed by atoms with E-state index in [-0.39, 0.29) is 12.4 Å². The van der Waals surface area contributed by atoms with Gasteiger partial charge in [-0.15, -0.1) is 0 Å². The number of aliphatic hydroxyl groups is 1. The van der Waals surface area contributed by atoms with Crippen LogP contribution in [-0.4, -0.2) is 41.6 Å². The van der Waals surface area contributed by atoms with Gasteiger partial charge in [0.25, 0.3) is 0 Å². The summed E-state index contributed by atoms with van der Waals surface area (Å²) in [6.07, 6.45) is -12.4. The van der Waals surface area contributed by atoms with Crippen LogP contribution in [0.25, 0.3) is 0 Å². The summed E-state index contributed by atoms with van der Waals surface area (Å²) >= 11 is 0. The quantitative estimate of drug-likeness (QED) is 0.539. The van der Waals surface area contributed by atoms with Crippen LogP contribution in [0.5, 0.6) is 5.75 Å². The van der Waals surface area contributed by atoms with Crippen LogP contribution < -0.4 is 4.74 Å². The van der Waals surface area contributed by atoms with Crippen molar-refractivity contribution < 1.29 is 58.1 Å². The lowest BCUT2D eigenvalue weighted by molar-refractivity contribution is -0.423. The molecule has 1 aromatic rings. The van der Waals surface area contributed by atoms with Crippen LogP contribution in [-0.2, 0) is 0 Å². The number of hydrogen-bond acceptors (Lipinski definition) is 2. The molecule has 0 fully saturated rings. The highest BCUT2D eigenvalue weighted by atomic mass is 19.4. The lowest BCUT2D eigenvalue weighted by atomic mass is 9.92. The highest BCUT2D eigenvalue weighted by Crippen LogP contribution is 2.58. The standard InChI is InChI=1S/C15H13F11O2/c1-2-28-9-5-3-4-8(6-9)10(27)7-11(16,17)12(18,19)13(20,21)14(22,23)15(24,25)26/h3-6,10,27H,2,7H2,1H3. The Kier molecular flexibility index (Phi) is 6.55. The minimum atomic E-state index is -7.49. The highest BCUT2D eigenvalue weighted by molar-refractivity contribution is 5.30. The molecule has 0 heterocycles. The lowest BCUT2D eigenvalue weighted by Crippen LogP contribution is -2.66. The molecule has 0 bridgehead atoms. The van der Waals surface area contributed by atoms with Crippen LogP contribution in [0.2, 0.25) is 0 Å². The molecular weight excluding hydrogens is 421 g/mol. The molecule has 1 N–H and O–H groups in total. The van der Waals surface area contributed by atoms with Crippen molar-refractivity contribution in [1.82, 2.24) is 0 Å². The molecule has 2 nitrogen and oxygen atoms in total. The number of hydrogen-bond donors (Lipinski definition) is 1. The van der Waals surface area contributed by atoms with E-state index < -0.39 is 48.0 Å². The van der Waals surface area contributed by atoms with E-state index in [1.807, 2.05) is 0 Å². The Labute approximate surface area is 150 Å². The fourth-order valence-corrected chi connectivity index (χ4v) is 2.07. The summed E-state index contributed by atoms with van der Waals surface area (Å²) in [5.41, 5.74) is -0.535. The third kappa shape index (κ3) is 4.13. The van der Waals surface area contributed by atoms with Crippen molar-refractivity contribution in [2.75, 3.05) is 6.61 Å². The predicted molar refractivity (Wildman–Crippen MR) is 73.0 cm³/mol. The van der Waals surface area contributed by atoms with Crippen molar-refractivity contribution in [2.45, 2.75) is 49.3 Å². The average Bonchev–Trinajstić information content (AvgIpc) is 2.53. The van der Waals surface area contributed by atoms with Crippen molar-refractivity contribution in [3.63, 3.8) is 0 Å². The Morgan fingerprint density at radius 3 is 1.86 bits per heavy atom. The molecule has 1 atom stereocenters. The maximum absolute atomic E-state index is 13.7. The third-order valence-corrected chi connectivity index (χ3v) is 3.61. The summed E-state index contributed by atoms with van der Waals surface area (Å²) in [5, 5.41) is 9.62. The van der Waals surface area contributed by atoms with Gasteiger partial charge in [0, 0.05) is 6.42 Å². The molecule has 0 aliphatic carbocycles. The Balaban J connectivity index is 3.21. The van der Waals surface area contributed by atoms with Crippen molar-refractivity contribution in [2.24, 2.45) is 0 Å². The van der Waals surface area contributed by atoms with E-state index >= 15 is 0 Å². The largest absolute Gasteiger partial charge is 0.494 e. The van der Waals surface area contributed by atoms with Gasteiger partial charge in [0.15, 0.2) is 0 Å². The molecule has 0 amide bonds. The molecule has 0 aliphatic rings. The van der Waals surface area contributed by atoms with Crippen LogP contribution in [0.15, 0.2) is 24.3 Å². The van der Waals surface area contributed by atoms with Crippen LogP contribution in [0, 0.1) is 0 Å². The molecule has 0 spiro atoms. The van der Waals surface area contributed by atoms with Crippen LogP contribution in [0.4, 0.5) is 48.3 Å². The average molecular weight is 434 g/mol. The van der Waals surface area contributed by atoms with Crippen LogP contribution >= 0.6 is 0 Å². The Bertz CT molecular complexity index is 670. The third-order valence-electron chi connectivity index (χ3n) is 3.61. The summed E-state index contributed by atoms with van der Waals surface area (Å²) < 4.78 is 147. The number of benzene rings is 1. The van der Waals surface area contributed by atoms with Gasteiger partial charge in [0.1, 0.15) is 5.75 Å². The van der Waals surface area contributed by atoms with Crippen molar-refractivity contribution in [3.8, 4) is 5.75 Å². The number of halogens is 11. The molecule has 28 heavy (non-hydrogen) atoms. The summed E-state index contributed by atoms with van der Waals surface area (Å²) in [6, 6.07) is 4.17. The van der Waals surface area contributed by atoms with Gasteiger partial charge in [-0.3, -0.25) is 0 Å². The van der Waals surface area contributed by atoms with E-state index in [4.69, 9.17) is 4.74 Å². The van der Waals surface area contributed by atoms with Crippen LogP contribution in [0.3, 0.4) is 0 Å². The first kappa shape index (κ1) is 24.2. The molecule has 13 heteroatoms. The summed E-state index contributed by atoms with van der Waals surface area (Å²) in [7, 11) is 0. The van der Waals surface area contributed by atoms with Crippen LogP contribution in [0.1, 0.15) is 25.0 Å². The van der Waals surface area contributed by atoms with Gasteiger partial charge < -0.3 is 9.84 Å². The van der Waals surface area contributed by atoms with Crippen molar-refractivity contribution >= 4 is 0 Å². The molecule has 162 valence electrons. The number of alkyl halides is 11. The Morgan fingerprint density at radius 2 is 1.39 bits per heavy atom. The smallest absolute Gasteiger partial charge is 0.460 e. The van der Waals surface area contributed by atoms with Crippen molar-refractivity contribution in [1.29, 1.82) is 0 Å². The lowest BCUT2D eigenvalue weighted by Gasteiger charge is -2.37. The maximum atomic E-state index is 13.7. The molecule has 0 saturated carbocycles. The maximum Gasteiger partial charge on any atom is 0.460 e. The molecule has 0 aliphatic heterocycles. The molecule has 0 aromatic heterocycles. The topological polar surface area (TPSA) is 29.5 Å². The van der Waals surface area contributed by atoms with Gasteiger partial charge >= 0.3 is 29.9 Å². The van der Waals surface area contributed by atoms with E-state index in [0.717, 1.165) is 18.2 Å². The van der Waals surface area contributed by atoms with E-state index in [9.17, 15) is 53.4 Å². The number of ether oxygens (including phenoxy) is 1. The SMILES string of the molecule is CCOc1cccc(C(O)CC(F)(F)C(F)(F)C(F)(F)C(F)(F)C(F)(F)F)c1. The number of aliphatic hydroxyl groups excluding tert-OH is 1. The summed E-state index contributed by atoms with van der Waals surface area (Å²) in [4.78, 5) is 0. The first-order chi connectivity index (χ1) is 12.4. The van der Waals surface area contributed by atoms with Gasteiger partial charge in [0.2, 0.25) is 0 Å². The fourth-order valence-electron chi connectivity index (χ4n) is 2.07. The molecule has 1 aromatic carbocycles. The zero-order valence-corrected chi connectivity index (χ0v) is 13.8. The van der Waals surface area contributed by atoms with E-state index in [0.29, 0.717) is 0 Å². The normalized spacial score (nSPS) is 15.5. The molecule has 0 saturated heterocycles. The summed E-state index contributed by atoms with van der Waals surface area (Å²) in [6.45, 7) is 1.59. The van der Waals surface area contributed by atoms with E-state index in [2.05, 4.69) is 0 Å². The minimum absolute atomic E-state index is 0.0249. The zero-order valence-electron chi connectivity index (χ0n) is 13.8. The second-order valence-electron chi connectivity index (χ2n) is 5.65. The molecule has 1 rings (SSSR count). The molecule has 1 unspecified atom stereocenters. The Morgan fingerprint density at radius 1 is 0.857 bits per heavy atom. The molecule has 0 radical (unpaired) electrons. The number of rotatable bonds is 8.